The monoisotopic (exact) mass is 412 g/mol. The van der Waals surface area contributed by atoms with Crippen LogP contribution in [0.2, 0.25) is 5.02 Å². The van der Waals surface area contributed by atoms with Crippen molar-refractivity contribution < 1.29 is 18.1 Å². The Morgan fingerprint density at radius 3 is 2.48 bits per heavy atom. The lowest BCUT2D eigenvalue weighted by Crippen LogP contribution is -2.11. The predicted molar refractivity (Wildman–Crippen MR) is 100 cm³/mol. The van der Waals surface area contributed by atoms with Gasteiger partial charge in [-0.3, -0.25) is 19.7 Å². The van der Waals surface area contributed by atoms with E-state index in [2.05, 4.69) is 20.1 Å². The fourth-order valence-electron chi connectivity index (χ4n) is 2.76. The van der Waals surface area contributed by atoms with Gasteiger partial charge < -0.3 is 4.52 Å². The Kier molecular flexibility index (Phi) is 5.09. The van der Waals surface area contributed by atoms with Gasteiger partial charge in [0, 0.05) is 23.4 Å². The van der Waals surface area contributed by atoms with Crippen molar-refractivity contribution in [1.29, 1.82) is 0 Å². The summed E-state index contributed by atoms with van der Waals surface area (Å²) in [6, 6.07) is 6.97. The lowest BCUT2D eigenvalue weighted by molar-refractivity contribution is 0.0983. The first-order valence-corrected chi connectivity index (χ1v) is 8.75. The Bertz CT molecular complexity index is 1160. The van der Waals surface area contributed by atoms with Crippen LogP contribution in [0.4, 0.5) is 8.78 Å². The number of aromatic nitrogens is 4. The minimum Gasteiger partial charge on any atom is -0.356 e. The highest BCUT2D eigenvalue weighted by molar-refractivity contribution is 6.33. The standard InChI is InChI=1S/C20H11ClF2N4O2/c21-14-2-1-11(19-3-4-27-29-19)5-13(14)17-10-25-12(7-26-17)6-18(28)20-15(22)8-24-9-16(20)23/h1-5,7-10H,6H2. The van der Waals surface area contributed by atoms with Gasteiger partial charge in [0.25, 0.3) is 0 Å². The van der Waals surface area contributed by atoms with Gasteiger partial charge in [-0.2, -0.15) is 0 Å². The molecule has 144 valence electrons. The number of hydrogen-bond donors (Lipinski definition) is 0. The number of nitrogens with zero attached hydrogens (tertiary/aromatic N) is 4. The summed E-state index contributed by atoms with van der Waals surface area (Å²) in [5.74, 6) is -2.22. The first-order valence-electron chi connectivity index (χ1n) is 8.37. The zero-order valence-electron chi connectivity index (χ0n) is 14.6. The van der Waals surface area contributed by atoms with Gasteiger partial charge in [0.1, 0.15) is 0 Å². The lowest BCUT2D eigenvalue weighted by atomic mass is 10.1. The summed E-state index contributed by atoms with van der Waals surface area (Å²) in [4.78, 5) is 24.0. The van der Waals surface area contributed by atoms with Crippen LogP contribution >= 0.6 is 11.6 Å². The van der Waals surface area contributed by atoms with E-state index < -0.39 is 23.0 Å². The fourth-order valence-corrected chi connectivity index (χ4v) is 2.97. The molecule has 29 heavy (non-hydrogen) atoms. The molecule has 0 saturated carbocycles. The molecule has 1 aromatic carbocycles. The van der Waals surface area contributed by atoms with E-state index in [9.17, 15) is 13.6 Å². The zero-order chi connectivity index (χ0) is 20.4. The molecule has 0 saturated heterocycles. The second-order valence-corrected chi connectivity index (χ2v) is 6.45. The van der Waals surface area contributed by atoms with E-state index in [4.69, 9.17) is 16.1 Å². The van der Waals surface area contributed by atoms with Gasteiger partial charge in [-0.15, -0.1) is 0 Å². The maximum Gasteiger partial charge on any atom is 0.174 e. The molecule has 0 unspecified atom stereocenters. The fraction of sp³-hybridized carbons (Fsp3) is 0.0500. The van der Waals surface area contributed by atoms with Crippen LogP contribution in [0.1, 0.15) is 16.1 Å². The van der Waals surface area contributed by atoms with Gasteiger partial charge in [0.05, 0.1) is 53.2 Å². The maximum absolute atomic E-state index is 13.7. The molecule has 0 fully saturated rings. The molecule has 0 aliphatic carbocycles. The summed E-state index contributed by atoms with van der Waals surface area (Å²) < 4.78 is 32.5. The molecule has 0 amide bonds. The van der Waals surface area contributed by atoms with E-state index in [1.165, 1.54) is 18.6 Å². The quantitative estimate of drug-likeness (QED) is 0.447. The third-order valence-electron chi connectivity index (χ3n) is 4.14. The van der Waals surface area contributed by atoms with E-state index in [1.54, 1.807) is 24.3 Å². The van der Waals surface area contributed by atoms with Gasteiger partial charge in [0.15, 0.2) is 23.2 Å². The molecule has 4 aromatic rings. The van der Waals surface area contributed by atoms with E-state index in [1.807, 2.05) is 0 Å². The van der Waals surface area contributed by atoms with Crippen molar-refractivity contribution in [3.05, 3.63) is 83.2 Å². The summed E-state index contributed by atoms with van der Waals surface area (Å²) >= 11 is 6.27. The van der Waals surface area contributed by atoms with Gasteiger partial charge >= 0.3 is 0 Å². The van der Waals surface area contributed by atoms with E-state index >= 15 is 0 Å². The molecule has 9 heteroatoms. The minimum absolute atomic E-state index is 0.261. The molecular formula is C20H11ClF2N4O2. The second kappa shape index (κ2) is 7.84. The van der Waals surface area contributed by atoms with Crippen molar-refractivity contribution in [1.82, 2.24) is 20.1 Å². The third kappa shape index (κ3) is 3.88. The highest BCUT2D eigenvalue weighted by Crippen LogP contribution is 2.31. The normalized spacial score (nSPS) is 10.9. The smallest absolute Gasteiger partial charge is 0.174 e. The number of Topliss-reactive ketones (excluding diaryl/α,β-unsaturated/α-hetero) is 1. The van der Waals surface area contributed by atoms with Gasteiger partial charge in [-0.25, -0.2) is 8.78 Å². The number of pyridine rings is 1. The molecule has 0 atom stereocenters. The first kappa shape index (κ1) is 18.8. The molecule has 0 radical (unpaired) electrons. The van der Waals surface area contributed by atoms with Gasteiger partial charge in [0.2, 0.25) is 0 Å². The van der Waals surface area contributed by atoms with E-state index in [0.29, 0.717) is 22.0 Å². The average molecular weight is 413 g/mol. The van der Waals surface area contributed by atoms with Crippen molar-refractivity contribution in [2.24, 2.45) is 0 Å². The highest BCUT2D eigenvalue weighted by atomic mass is 35.5. The zero-order valence-corrected chi connectivity index (χ0v) is 15.4. The number of halogens is 3. The van der Waals surface area contributed by atoms with Crippen LogP contribution in [0.15, 0.2) is 59.8 Å². The predicted octanol–water partition coefficient (Wildman–Crippen LogP) is 4.55. The highest BCUT2D eigenvalue weighted by Gasteiger charge is 2.19. The largest absolute Gasteiger partial charge is 0.356 e. The molecule has 4 rings (SSSR count). The summed E-state index contributed by atoms with van der Waals surface area (Å²) in [5, 5.41) is 4.13. The SMILES string of the molecule is O=C(Cc1cnc(-c2cc(-c3ccno3)ccc2Cl)cn1)c1c(F)cncc1F. The number of benzene rings is 1. The Labute approximate surface area is 168 Å². The van der Waals surface area contributed by atoms with Crippen LogP contribution in [0.3, 0.4) is 0 Å². The Morgan fingerprint density at radius 2 is 1.83 bits per heavy atom. The van der Waals surface area contributed by atoms with Crippen LogP contribution in [-0.2, 0) is 6.42 Å². The number of ketones is 1. The molecule has 0 aliphatic rings. The van der Waals surface area contributed by atoms with Crippen LogP contribution in [0.25, 0.3) is 22.6 Å². The van der Waals surface area contributed by atoms with Crippen molar-refractivity contribution in [2.75, 3.05) is 0 Å². The van der Waals surface area contributed by atoms with Crippen LogP contribution in [0, 0.1) is 11.6 Å². The Balaban J connectivity index is 1.59. The third-order valence-corrected chi connectivity index (χ3v) is 4.47. The van der Waals surface area contributed by atoms with Crippen molar-refractivity contribution >= 4 is 17.4 Å². The lowest BCUT2D eigenvalue weighted by Gasteiger charge is -2.07. The molecule has 0 aliphatic heterocycles. The van der Waals surface area contributed by atoms with E-state index in [-0.39, 0.29) is 12.1 Å². The van der Waals surface area contributed by atoms with E-state index in [0.717, 1.165) is 18.0 Å². The maximum atomic E-state index is 13.7. The van der Waals surface area contributed by atoms with Crippen molar-refractivity contribution in [3.63, 3.8) is 0 Å². The molecule has 0 N–H and O–H groups in total. The summed E-state index contributed by atoms with van der Waals surface area (Å²) in [6.07, 6.45) is 5.60. The average Bonchev–Trinajstić information content (AvgIpc) is 3.24. The van der Waals surface area contributed by atoms with Crippen LogP contribution < -0.4 is 0 Å². The van der Waals surface area contributed by atoms with Gasteiger partial charge in [-0.05, 0) is 18.2 Å². The summed E-state index contributed by atoms with van der Waals surface area (Å²) in [6.45, 7) is 0. The molecule has 0 spiro atoms. The molecular weight excluding hydrogens is 402 g/mol. The molecule has 0 bridgehead atoms. The molecule has 3 heterocycles. The minimum atomic E-state index is -1.02. The molecule has 3 aromatic heterocycles. The van der Waals surface area contributed by atoms with Gasteiger partial charge in [-0.1, -0.05) is 16.8 Å². The second-order valence-electron chi connectivity index (χ2n) is 6.04. The first-order chi connectivity index (χ1) is 14.0. The number of carbonyl (C=O) groups is 1. The van der Waals surface area contributed by atoms with Crippen molar-refractivity contribution in [2.45, 2.75) is 6.42 Å². The van der Waals surface area contributed by atoms with Crippen LogP contribution in [-0.4, -0.2) is 25.9 Å². The Hall–Kier alpha value is -3.52. The summed E-state index contributed by atoms with van der Waals surface area (Å²) in [5.41, 5.74) is 1.45. The summed E-state index contributed by atoms with van der Waals surface area (Å²) in [7, 11) is 0. The van der Waals surface area contributed by atoms with Crippen LogP contribution in [0.5, 0.6) is 0 Å². The Morgan fingerprint density at radius 1 is 1.03 bits per heavy atom. The van der Waals surface area contributed by atoms with Crippen molar-refractivity contribution in [3.8, 4) is 22.6 Å². The topological polar surface area (TPSA) is 81.8 Å². The number of carbonyl (C=O) groups excluding carboxylic acids is 1. The molecule has 6 nitrogen and oxygen atoms in total. The number of rotatable bonds is 5. The number of hydrogen-bond acceptors (Lipinski definition) is 6.